The monoisotopic (exact) mass is 391 g/mol. The van der Waals surface area contributed by atoms with Crippen LogP contribution < -0.4 is 10.1 Å². The third-order valence-corrected chi connectivity index (χ3v) is 3.85. The fourth-order valence-corrected chi connectivity index (χ4v) is 2.38. The number of aryl methyl sites for hydroxylation is 2. The van der Waals surface area contributed by atoms with Crippen LogP contribution in [0.2, 0.25) is 0 Å². The number of halogens is 5. The van der Waals surface area contributed by atoms with E-state index in [0.29, 0.717) is 11.3 Å². The van der Waals surface area contributed by atoms with Crippen molar-refractivity contribution in [3.8, 4) is 5.75 Å². The maximum atomic E-state index is 12.7. The predicted molar refractivity (Wildman–Crippen MR) is 87.6 cm³/mol. The maximum Gasteiger partial charge on any atom is 0.435 e. The number of hydrogen-bond acceptors (Lipinski definition) is 3. The molecule has 0 aliphatic heterocycles. The van der Waals surface area contributed by atoms with Crippen LogP contribution in [0.25, 0.3) is 0 Å². The van der Waals surface area contributed by atoms with Gasteiger partial charge in [0.1, 0.15) is 5.75 Å². The first-order chi connectivity index (χ1) is 12.5. The first kappa shape index (κ1) is 20.7. The lowest BCUT2D eigenvalue weighted by Gasteiger charge is -2.15. The summed E-state index contributed by atoms with van der Waals surface area (Å²) in [5.41, 5.74) is 0.162. The molecule has 1 heterocycles. The Morgan fingerprint density at radius 1 is 1.26 bits per heavy atom. The zero-order chi connectivity index (χ0) is 20.4. The number of rotatable bonds is 6. The predicted octanol–water partition coefficient (Wildman–Crippen LogP) is 4.39. The molecule has 0 spiro atoms. The summed E-state index contributed by atoms with van der Waals surface area (Å²) >= 11 is 0. The van der Waals surface area contributed by atoms with E-state index >= 15 is 0 Å². The molecule has 0 radical (unpaired) electrons. The van der Waals surface area contributed by atoms with Gasteiger partial charge >= 0.3 is 12.8 Å². The lowest BCUT2D eigenvalue weighted by Crippen LogP contribution is -2.25. The second kappa shape index (κ2) is 7.93. The van der Waals surface area contributed by atoms with E-state index < -0.39 is 30.3 Å². The van der Waals surface area contributed by atoms with Gasteiger partial charge in [-0.25, -0.2) is 0 Å². The zero-order valence-corrected chi connectivity index (χ0v) is 14.8. The average molecular weight is 391 g/mol. The SMILES string of the molecule is Cc1cc(OC(F)F)ccc1NC(=O)C(C)Cn1nc(C(F)(F)F)cc1C. The van der Waals surface area contributed by atoms with Crippen molar-refractivity contribution in [1.82, 2.24) is 9.78 Å². The molecule has 0 bridgehead atoms. The normalized spacial score (nSPS) is 12.9. The third-order valence-electron chi connectivity index (χ3n) is 3.85. The molecule has 0 aliphatic rings. The van der Waals surface area contributed by atoms with E-state index in [9.17, 15) is 26.7 Å². The molecule has 0 saturated carbocycles. The van der Waals surface area contributed by atoms with Crippen molar-refractivity contribution in [2.24, 2.45) is 5.92 Å². The molecule has 1 unspecified atom stereocenters. The van der Waals surface area contributed by atoms with Crippen molar-refractivity contribution in [3.63, 3.8) is 0 Å². The molecule has 0 fully saturated rings. The van der Waals surface area contributed by atoms with E-state index in [-0.39, 0.29) is 18.0 Å². The van der Waals surface area contributed by atoms with Gasteiger partial charge in [-0.2, -0.15) is 27.1 Å². The van der Waals surface area contributed by atoms with Crippen LogP contribution in [0.5, 0.6) is 5.75 Å². The Balaban J connectivity index is 2.05. The fraction of sp³-hybridized carbons (Fsp3) is 0.412. The summed E-state index contributed by atoms with van der Waals surface area (Å²) in [4.78, 5) is 12.3. The Morgan fingerprint density at radius 3 is 2.44 bits per heavy atom. The Kier molecular flexibility index (Phi) is 6.07. The van der Waals surface area contributed by atoms with Crippen LogP contribution in [-0.2, 0) is 17.5 Å². The van der Waals surface area contributed by atoms with E-state index in [1.807, 2.05) is 0 Å². The summed E-state index contributed by atoms with van der Waals surface area (Å²) in [6.45, 7) is 1.63. The van der Waals surface area contributed by atoms with Gasteiger partial charge in [0.05, 0.1) is 12.5 Å². The van der Waals surface area contributed by atoms with Crippen molar-refractivity contribution in [2.75, 3.05) is 5.32 Å². The van der Waals surface area contributed by atoms with Crippen molar-refractivity contribution < 1.29 is 31.5 Å². The van der Waals surface area contributed by atoms with E-state index in [1.54, 1.807) is 13.8 Å². The van der Waals surface area contributed by atoms with Gasteiger partial charge in [0, 0.05) is 11.4 Å². The molecule has 2 aromatic rings. The van der Waals surface area contributed by atoms with Gasteiger partial charge < -0.3 is 10.1 Å². The summed E-state index contributed by atoms with van der Waals surface area (Å²) in [5.74, 6) is -1.16. The summed E-state index contributed by atoms with van der Waals surface area (Å²) in [6, 6.07) is 4.96. The number of alkyl halides is 5. The Bertz CT molecular complexity index is 817. The summed E-state index contributed by atoms with van der Waals surface area (Å²) in [7, 11) is 0. The standard InChI is InChI=1S/C17H18F5N3O2/c1-9-6-12(27-16(18)19)4-5-13(9)23-15(26)10(2)8-25-11(3)7-14(24-25)17(20,21)22/h4-7,10,16H,8H2,1-3H3,(H,23,26). The highest BCUT2D eigenvalue weighted by atomic mass is 19.4. The number of hydrogen-bond donors (Lipinski definition) is 1. The quantitative estimate of drug-likeness (QED) is 0.743. The minimum absolute atomic E-state index is 0.0413. The largest absolute Gasteiger partial charge is 0.435 e. The average Bonchev–Trinajstić information content (AvgIpc) is 2.90. The molecule has 148 valence electrons. The molecule has 1 aromatic carbocycles. The number of amides is 1. The van der Waals surface area contributed by atoms with Crippen LogP contribution in [0.15, 0.2) is 24.3 Å². The molecule has 5 nitrogen and oxygen atoms in total. The van der Waals surface area contributed by atoms with Crippen molar-refractivity contribution >= 4 is 11.6 Å². The maximum absolute atomic E-state index is 12.7. The molecule has 27 heavy (non-hydrogen) atoms. The molecule has 1 N–H and O–H groups in total. The number of anilines is 1. The highest BCUT2D eigenvalue weighted by Gasteiger charge is 2.34. The van der Waals surface area contributed by atoms with Crippen LogP contribution in [0, 0.1) is 19.8 Å². The number of benzene rings is 1. The molecule has 0 saturated heterocycles. The number of ether oxygens (including phenoxy) is 1. The second-order valence-electron chi connectivity index (χ2n) is 6.10. The number of aromatic nitrogens is 2. The first-order valence-electron chi connectivity index (χ1n) is 7.95. The van der Waals surface area contributed by atoms with E-state index in [0.717, 1.165) is 10.7 Å². The van der Waals surface area contributed by atoms with Crippen molar-refractivity contribution in [1.29, 1.82) is 0 Å². The fourth-order valence-electron chi connectivity index (χ4n) is 2.38. The minimum Gasteiger partial charge on any atom is -0.435 e. The van der Waals surface area contributed by atoms with E-state index in [1.165, 1.54) is 25.1 Å². The highest BCUT2D eigenvalue weighted by molar-refractivity contribution is 5.93. The molecular weight excluding hydrogens is 373 g/mol. The van der Waals surface area contributed by atoms with Gasteiger partial charge in [-0.3, -0.25) is 9.48 Å². The van der Waals surface area contributed by atoms with E-state index in [4.69, 9.17) is 0 Å². The number of carbonyl (C=O) groups is 1. The molecule has 1 atom stereocenters. The van der Waals surface area contributed by atoms with Gasteiger partial charge in [-0.05, 0) is 43.7 Å². The Labute approximate surface area is 152 Å². The minimum atomic E-state index is -4.55. The summed E-state index contributed by atoms with van der Waals surface area (Å²) in [5, 5.41) is 6.11. The zero-order valence-electron chi connectivity index (χ0n) is 14.8. The number of carbonyl (C=O) groups excluding carboxylic acids is 1. The van der Waals surface area contributed by atoms with E-state index in [2.05, 4.69) is 15.2 Å². The highest BCUT2D eigenvalue weighted by Crippen LogP contribution is 2.29. The van der Waals surface area contributed by atoms with Gasteiger partial charge in [0.2, 0.25) is 5.91 Å². The number of nitrogens with one attached hydrogen (secondary N) is 1. The van der Waals surface area contributed by atoms with Crippen LogP contribution in [0.3, 0.4) is 0 Å². The van der Waals surface area contributed by atoms with Gasteiger partial charge in [-0.1, -0.05) is 6.92 Å². The number of nitrogens with zero attached hydrogens (tertiary/aromatic N) is 2. The Hall–Kier alpha value is -2.65. The molecule has 0 aliphatic carbocycles. The van der Waals surface area contributed by atoms with Crippen LogP contribution >= 0.6 is 0 Å². The van der Waals surface area contributed by atoms with Gasteiger partial charge in [-0.15, -0.1) is 0 Å². The topological polar surface area (TPSA) is 56.1 Å². The summed E-state index contributed by atoms with van der Waals surface area (Å²) in [6.07, 6.45) is -4.55. The summed E-state index contributed by atoms with van der Waals surface area (Å²) < 4.78 is 68.0. The van der Waals surface area contributed by atoms with Crippen molar-refractivity contribution in [3.05, 3.63) is 41.2 Å². The van der Waals surface area contributed by atoms with Crippen molar-refractivity contribution in [2.45, 2.75) is 40.1 Å². The lowest BCUT2D eigenvalue weighted by molar-refractivity contribution is -0.141. The molecule has 1 amide bonds. The molecule has 2 rings (SSSR count). The smallest absolute Gasteiger partial charge is 0.435 e. The van der Waals surface area contributed by atoms with Gasteiger partial charge in [0.25, 0.3) is 0 Å². The van der Waals surface area contributed by atoms with Gasteiger partial charge in [0.15, 0.2) is 5.69 Å². The van der Waals surface area contributed by atoms with Crippen LogP contribution in [0.1, 0.15) is 23.9 Å². The first-order valence-corrected chi connectivity index (χ1v) is 7.95. The van der Waals surface area contributed by atoms with Crippen LogP contribution in [-0.4, -0.2) is 22.3 Å². The third kappa shape index (κ3) is 5.41. The lowest BCUT2D eigenvalue weighted by atomic mass is 10.1. The Morgan fingerprint density at radius 2 is 1.93 bits per heavy atom. The molecule has 1 aromatic heterocycles. The molecular formula is C17H18F5N3O2. The van der Waals surface area contributed by atoms with Crippen LogP contribution in [0.4, 0.5) is 27.6 Å². The second-order valence-corrected chi connectivity index (χ2v) is 6.10. The molecule has 10 heteroatoms.